The van der Waals surface area contributed by atoms with Gasteiger partial charge in [0.15, 0.2) is 0 Å². The Morgan fingerprint density at radius 2 is 1.92 bits per heavy atom. The number of thioether (sulfide) groups is 1. The Bertz CT molecular complexity index is 721. The molecule has 2 N–H and O–H groups in total. The normalized spacial score (nSPS) is 29.8. The Balaban J connectivity index is 1.74. The van der Waals surface area contributed by atoms with Crippen LogP contribution < -0.4 is 5.73 Å². The molecule has 2 aliphatic rings. The molecule has 3 rings (SSSR count). The van der Waals surface area contributed by atoms with E-state index in [1.807, 2.05) is 44.2 Å². The Kier molecular flexibility index (Phi) is 4.41. The number of carbonyl (C=O) groups excluding carboxylic acids is 3. The predicted molar refractivity (Wildman–Crippen MR) is 94.5 cm³/mol. The number of rotatable bonds is 5. The van der Waals surface area contributed by atoms with Crippen molar-refractivity contribution in [2.75, 3.05) is 0 Å². The van der Waals surface area contributed by atoms with Crippen LogP contribution >= 0.6 is 11.8 Å². The largest absolute Gasteiger partial charge is 0.459 e. The number of nitrogens with two attached hydrogens (primary N) is 1. The summed E-state index contributed by atoms with van der Waals surface area (Å²) in [5.74, 6) is -0.932. The van der Waals surface area contributed by atoms with E-state index in [0.29, 0.717) is 0 Å². The van der Waals surface area contributed by atoms with Crippen LogP contribution in [-0.4, -0.2) is 44.3 Å². The average Bonchev–Trinajstić information content (AvgIpc) is 2.82. The molecule has 2 fully saturated rings. The standard InChI is InChI=1S/C18H22N2O4S/c1-11(21)9-18(19)15(23)20-13(17(2,3)25-16(18)20)14(22)24-10-12-7-5-4-6-8-12/h4-8,13,16H,9-10,19H2,1-3H3/t13-,16+,18+/m0/s1. The maximum absolute atomic E-state index is 12.7. The van der Waals surface area contributed by atoms with Gasteiger partial charge in [-0.25, -0.2) is 4.79 Å². The number of β-lactam (4-membered cyclic amide) rings is 1. The van der Waals surface area contributed by atoms with E-state index in [9.17, 15) is 14.4 Å². The lowest BCUT2D eigenvalue weighted by Gasteiger charge is -2.50. The summed E-state index contributed by atoms with van der Waals surface area (Å²) in [5.41, 5.74) is 5.86. The van der Waals surface area contributed by atoms with Crippen LogP contribution in [0.4, 0.5) is 0 Å². The molecule has 0 spiro atoms. The lowest BCUT2D eigenvalue weighted by atomic mass is 9.82. The summed E-state index contributed by atoms with van der Waals surface area (Å²) in [7, 11) is 0. The molecule has 3 atom stereocenters. The molecule has 134 valence electrons. The maximum atomic E-state index is 12.7. The highest BCUT2D eigenvalue weighted by Crippen LogP contribution is 2.55. The average molecular weight is 362 g/mol. The first-order chi connectivity index (χ1) is 11.7. The summed E-state index contributed by atoms with van der Waals surface area (Å²) in [6.07, 6.45) is -0.0120. The molecular weight excluding hydrogens is 340 g/mol. The van der Waals surface area contributed by atoms with Gasteiger partial charge in [0.2, 0.25) is 5.91 Å². The van der Waals surface area contributed by atoms with Crippen molar-refractivity contribution in [2.24, 2.45) is 5.73 Å². The first-order valence-electron chi connectivity index (χ1n) is 8.16. The fourth-order valence-electron chi connectivity index (χ4n) is 3.52. The molecule has 2 heterocycles. The molecule has 7 heteroatoms. The van der Waals surface area contributed by atoms with Crippen molar-refractivity contribution in [1.29, 1.82) is 0 Å². The molecule has 0 aliphatic carbocycles. The monoisotopic (exact) mass is 362 g/mol. The van der Waals surface area contributed by atoms with Gasteiger partial charge in [0.25, 0.3) is 0 Å². The first kappa shape index (κ1) is 17.9. The Hall–Kier alpha value is -1.86. The number of fused-ring (bicyclic) bond motifs is 1. The fourth-order valence-corrected chi connectivity index (χ4v) is 5.16. The molecule has 1 amide bonds. The van der Waals surface area contributed by atoms with Gasteiger partial charge in [0.1, 0.15) is 29.3 Å². The van der Waals surface area contributed by atoms with Crippen molar-refractivity contribution < 1.29 is 19.1 Å². The van der Waals surface area contributed by atoms with Gasteiger partial charge in [-0.15, -0.1) is 11.8 Å². The quantitative estimate of drug-likeness (QED) is 0.630. The second-order valence-corrected chi connectivity index (χ2v) is 8.94. The minimum absolute atomic E-state index is 0.0120. The molecule has 0 aromatic heterocycles. The zero-order valence-corrected chi connectivity index (χ0v) is 15.3. The van der Waals surface area contributed by atoms with E-state index in [0.717, 1.165) is 5.56 Å². The van der Waals surface area contributed by atoms with E-state index in [1.54, 1.807) is 0 Å². The summed E-state index contributed by atoms with van der Waals surface area (Å²) < 4.78 is 4.91. The lowest BCUT2D eigenvalue weighted by molar-refractivity contribution is -0.169. The maximum Gasteiger partial charge on any atom is 0.330 e. The van der Waals surface area contributed by atoms with Gasteiger partial charge in [-0.1, -0.05) is 30.3 Å². The Labute approximate surface area is 151 Å². The number of amides is 1. The molecule has 0 bridgehead atoms. The molecule has 0 saturated carbocycles. The highest BCUT2D eigenvalue weighted by atomic mass is 32.2. The van der Waals surface area contributed by atoms with Crippen molar-refractivity contribution in [1.82, 2.24) is 4.90 Å². The molecular formula is C18H22N2O4S. The summed E-state index contributed by atoms with van der Waals surface area (Å²) in [6.45, 7) is 5.36. The van der Waals surface area contributed by atoms with Crippen molar-refractivity contribution in [3.8, 4) is 0 Å². The number of nitrogens with zero attached hydrogens (tertiary/aromatic N) is 1. The van der Waals surface area contributed by atoms with Crippen LogP contribution in [-0.2, 0) is 25.7 Å². The topological polar surface area (TPSA) is 89.7 Å². The van der Waals surface area contributed by atoms with Crippen molar-refractivity contribution in [2.45, 2.75) is 55.5 Å². The highest BCUT2D eigenvalue weighted by molar-refractivity contribution is 8.01. The third kappa shape index (κ3) is 2.95. The van der Waals surface area contributed by atoms with E-state index < -0.39 is 22.3 Å². The van der Waals surface area contributed by atoms with Gasteiger partial charge in [-0.3, -0.25) is 9.59 Å². The number of ether oxygens (including phenoxy) is 1. The van der Waals surface area contributed by atoms with Crippen molar-refractivity contribution in [3.05, 3.63) is 35.9 Å². The molecule has 0 unspecified atom stereocenters. The van der Waals surface area contributed by atoms with E-state index >= 15 is 0 Å². The van der Waals surface area contributed by atoms with Gasteiger partial charge in [0, 0.05) is 11.2 Å². The number of Topliss-reactive ketones (excluding diaryl/α,β-unsaturated/α-hetero) is 1. The van der Waals surface area contributed by atoms with Gasteiger partial charge >= 0.3 is 5.97 Å². The zero-order chi connectivity index (χ0) is 18.4. The third-order valence-electron chi connectivity index (χ3n) is 4.67. The second-order valence-electron chi connectivity index (χ2n) is 7.20. The summed E-state index contributed by atoms with van der Waals surface area (Å²) >= 11 is 1.46. The smallest absolute Gasteiger partial charge is 0.330 e. The molecule has 2 aliphatic heterocycles. The minimum atomic E-state index is -1.22. The van der Waals surface area contributed by atoms with Crippen LogP contribution in [0.25, 0.3) is 0 Å². The van der Waals surface area contributed by atoms with E-state index in [2.05, 4.69) is 0 Å². The SMILES string of the molecule is CC(=O)C[C@@]1(N)C(=O)N2[C@@H](C(=O)OCc3ccccc3)C(C)(C)S[C@@H]21. The van der Waals surface area contributed by atoms with Crippen LogP contribution in [0.1, 0.15) is 32.8 Å². The van der Waals surface area contributed by atoms with Crippen LogP contribution in [0.5, 0.6) is 0 Å². The summed E-state index contributed by atoms with van der Waals surface area (Å²) in [4.78, 5) is 38.2. The third-order valence-corrected chi connectivity index (χ3v) is 6.37. The number of benzene rings is 1. The highest BCUT2D eigenvalue weighted by Gasteiger charge is 2.70. The summed E-state index contributed by atoms with van der Waals surface area (Å²) in [5, 5.41) is -0.381. The molecule has 25 heavy (non-hydrogen) atoms. The van der Waals surface area contributed by atoms with Gasteiger partial charge in [-0.05, 0) is 26.3 Å². The van der Waals surface area contributed by atoms with Crippen LogP contribution in [0.3, 0.4) is 0 Å². The van der Waals surface area contributed by atoms with E-state index in [1.165, 1.54) is 23.6 Å². The van der Waals surface area contributed by atoms with E-state index in [4.69, 9.17) is 10.5 Å². The number of esters is 1. The minimum Gasteiger partial charge on any atom is -0.459 e. The van der Waals surface area contributed by atoms with Gasteiger partial charge < -0.3 is 15.4 Å². The van der Waals surface area contributed by atoms with Gasteiger partial charge in [-0.2, -0.15) is 0 Å². The number of ketones is 1. The second kappa shape index (κ2) is 6.14. The lowest BCUT2D eigenvalue weighted by Crippen LogP contribution is -2.78. The summed E-state index contributed by atoms with van der Waals surface area (Å²) in [6, 6.07) is 8.67. The number of carbonyl (C=O) groups is 3. The Morgan fingerprint density at radius 3 is 2.52 bits per heavy atom. The number of hydrogen-bond acceptors (Lipinski definition) is 6. The Morgan fingerprint density at radius 1 is 1.28 bits per heavy atom. The molecule has 6 nitrogen and oxygen atoms in total. The van der Waals surface area contributed by atoms with Crippen molar-refractivity contribution >= 4 is 29.4 Å². The van der Waals surface area contributed by atoms with Crippen molar-refractivity contribution in [3.63, 3.8) is 0 Å². The molecule has 2 saturated heterocycles. The van der Waals surface area contributed by atoms with Gasteiger partial charge in [0.05, 0.1) is 0 Å². The zero-order valence-electron chi connectivity index (χ0n) is 14.5. The molecule has 1 aromatic rings. The molecule has 0 radical (unpaired) electrons. The van der Waals surface area contributed by atoms with Crippen LogP contribution in [0.2, 0.25) is 0 Å². The fraction of sp³-hybridized carbons (Fsp3) is 0.500. The van der Waals surface area contributed by atoms with E-state index in [-0.39, 0.29) is 30.1 Å². The van der Waals surface area contributed by atoms with Crippen LogP contribution in [0, 0.1) is 0 Å². The number of hydrogen-bond donors (Lipinski definition) is 1. The molecule has 1 aromatic carbocycles. The predicted octanol–water partition coefficient (Wildman–Crippen LogP) is 1.47. The van der Waals surface area contributed by atoms with Crippen LogP contribution in [0.15, 0.2) is 30.3 Å². The first-order valence-corrected chi connectivity index (χ1v) is 9.04.